The van der Waals surface area contributed by atoms with Crippen molar-refractivity contribution in [1.82, 2.24) is 0 Å². The minimum atomic E-state index is 0.195. The van der Waals surface area contributed by atoms with Gasteiger partial charge in [-0.3, -0.25) is 4.57 Å². The summed E-state index contributed by atoms with van der Waals surface area (Å²) >= 11 is 0. The zero-order valence-corrected chi connectivity index (χ0v) is 7.84. The van der Waals surface area contributed by atoms with Crippen LogP contribution in [0.2, 0.25) is 0 Å². The lowest BCUT2D eigenvalue weighted by atomic mass is 10.2. The topological polar surface area (TPSA) is 17.1 Å². The summed E-state index contributed by atoms with van der Waals surface area (Å²) in [5.74, 6) is 0. The average molecular weight is 168 g/mol. The van der Waals surface area contributed by atoms with Gasteiger partial charge in [0.2, 0.25) is 0 Å². The summed E-state index contributed by atoms with van der Waals surface area (Å²) < 4.78 is 10.1. The molecule has 0 unspecified atom stereocenters. The molecule has 0 fully saturated rings. The summed E-state index contributed by atoms with van der Waals surface area (Å²) in [7, 11) is 0.195. The number of benzene rings is 1. The van der Waals surface area contributed by atoms with Gasteiger partial charge >= 0.3 is 0 Å². The fraction of sp³-hybridized carbons (Fsp3) is 0.333. The Morgan fingerprint density at radius 3 is 2.18 bits per heavy atom. The average Bonchev–Trinajstić information content (AvgIpc) is 2.11. The first-order valence-corrected chi connectivity index (χ1v) is 4.76. The van der Waals surface area contributed by atoms with Crippen molar-refractivity contribution < 1.29 is 4.57 Å². The third kappa shape index (κ3) is 4.69. The van der Waals surface area contributed by atoms with Gasteiger partial charge in [0, 0.05) is 0 Å². The van der Waals surface area contributed by atoms with Gasteiger partial charge in [-0.05, 0) is 5.56 Å². The molecule has 0 radical (unpaired) electrons. The lowest BCUT2D eigenvalue weighted by molar-refractivity contribution is 0.598. The van der Waals surface area contributed by atoms with Crippen molar-refractivity contribution in [2.75, 3.05) is 0 Å². The third-order valence-electron chi connectivity index (χ3n) is 1.09. The van der Waals surface area contributed by atoms with Crippen LogP contribution in [0.4, 0.5) is 0 Å². The molecule has 2 heteroatoms. The normalized spacial score (nSPS) is 8.55. The van der Waals surface area contributed by atoms with Gasteiger partial charge in [-0.25, -0.2) is 0 Å². The highest BCUT2D eigenvalue weighted by atomic mass is 31.1. The van der Waals surface area contributed by atoms with Crippen LogP contribution in [0.5, 0.6) is 0 Å². The highest BCUT2D eigenvalue weighted by molar-refractivity contribution is 7.22. The Morgan fingerprint density at radius 2 is 1.73 bits per heavy atom. The maximum absolute atomic E-state index is 10.1. The summed E-state index contributed by atoms with van der Waals surface area (Å²) in [6, 6.07) is 9.77. The Balaban J connectivity index is 0.000000461. The molecule has 0 aliphatic heterocycles. The molecule has 11 heavy (non-hydrogen) atoms. The molecule has 0 aromatic heterocycles. The lowest BCUT2D eigenvalue weighted by Gasteiger charge is -1.88. The molecule has 1 nitrogen and oxygen atoms in total. The van der Waals surface area contributed by atoms with Crippen LogP contribution < -0.4 is 0 Å². The minimum Gasteiger partial charge on any atom is -0.275 e. The van der Waals surface area contributed by atoms with Crippen LogP contribution in [0.25, 0.3) is 0 Å². The van der Waals surface area contributed by atoms with E-state index in [2.05, 4.69) is 0 Å². The number of hydrogen-bond acceptors (Lipinski definition) is 1. The monoisotopic (exact) mass is 168 g/mol. The molecule has 0 bridgehead atoms. The van der Waals surface area contributed by atoms with Gasteiger partial charge in [0.15, 0.2) is 8.46 Å². The second kappa shape index (κ2) is 7.43. The number of rotatable bonds is 2. The van der Waals surface area contributed by atoms with E-state index >= 15 is 0 Å². The Kier molecular flexibility index (Phi) is 6.97. The standard InChI is InChI=1S/C7H7OP.C2H6/c8-9-6-7-4-2-1-3-5-7;1-2/h1-5H,6H2;1-2H3. The van der Waals surface area contributed by atoms with E-state index in [1.807, 2.05) is 44.2 Å². The van der Waals surface area contributed by atoms with Gasteiger partial charge in [-0.2, -0.15) is 0 Å². The van der Waals surface area contributed by atoms with Crippen molar-refractivity contribution in [2.45, 2.75) is 20.0 Å². The van der Waals surface area contributed by atoms with Gasteiger partial charge in [0.1, 0.15) is 0 Å². The van der Waals surface area contributed by atoms with Crippen LogP contribution >= 0.6 is 8.46 Å². The molecular formula is C9H13OP. The summed E-state index contributed by atoms with van der Waals surface area (Å²) in [5.41, 5.74) is 1.12. The van der Waals surface area contributed by atoms with Crippen LogP contribution in [0.15, 0.2) is 30.3 Å². The Morgan fingerprint density at radius 1 is 1.18 bits per heavy atom. The summed E-state index contributed by atoms with van der Waals surface area (Å²) in [5, 5.41) is 0. The predicted molar refractivity (Wildman–Crippen MR) is 49.1 cm³/mol. The van der Waals surface area contributed by atoms with Crippen LogP contribution in [0.1, 0.15) is 19.4 Å². The molecule has 0 saturated heterocycles. The lowest BCUT2D eigenvalue weighted by Crippen LogP contribution is -1.71. The largest absolute Gasteiger partial charge is 0.275 e. The zero-order chi connectivity index (χ0) is 8.53. The fourth-order valence-corrected chi connectivity index (χ4v) is 1.02. The van der Waals surface area contributed by atoms with Gasteiger partial charge in [-0.1, -0.05) is 44.2 Å². The van der Waals surface area contributed by atoms with Crippen LogP contribution in [-0.4, -0.2) is 0 Å². The molecule has 1 aromatic rings. The molecular weight excluding hydrogens is 155 g/mol. The van der Waals surface area contributed by atoms with Gasteiger partial charge < -0.3 is 0 Å². The third-order valence-corrected chi connectivity index (χ3v) is 1.58. The van der Waals surface area contributed by atoms with E-state index in [4.69, 9.17) is 0 Å². The summed E-state index contributed by atoms with van der Waals surface area (Å²) in [6.45, 7) is 4.00. The first-order valence-electron chi connectivity index (χ1n) is 3.76. The molecule has 0 amide bonds. The molecule has 60 valence electrons. The van der Waals surface area contributed by atoms with Crippen LogP contribution in [0.3, 0.4) is 0 Å². The van der Waals surface area contributed by atoms with Crippen molar-refractivity contribution in [3.63, 3.8) is 0 Å². The quantitative estimate of drug-likeness (QED) is 0.617. The van der Waals surface area contributed by atoms with E-state index in [9.17, 15) is 4.57 Å². The molecule has 0 saturated carbocycles. The molecule has 0 N–H and O–H groups in total. The highest BCUT2D eigenvalue weighted by Gasteiger charge is 1.85. The van der Waals surface area contributed by atoms with E-state index in [1.165, 1.54) is 0 Å². The van der Waals surface area contributed by atoms with Crippen molar-refractivity contribution in [3.05, 3.63) is 35.9 Å². The first-order chi connectivity index (χ1) is 5.43. The minimum absolute atomic E-state index is 0.195. The van der Waals surface area contributed by atoms with Gasteiger partial charge in [0.25, 0.3) is 0 Å². The smallest absolute Gasteiger partial charge is 0.160 e. The summed E-state index contributed by atoms with van der Waals surface area (Å²) in [4.78, 5) is 0. The van der Waals surface area contributed by atoms with E-state index in [0.717, 1.165) is 5.56 Å². The van der Waals surface area contributed by atoms with Crippen LogP contribution in [-0.2, 0) is 10.7 Å². The molecule has 1 aromatic carbocycles. The van der Waals surface area contributed by atoms with E-state index in [0.29, 0.717) is 6.16 Å². The second-order valence-electron chi connectivity index (χ2n) is 1.77. The van der Waals surface area contributed by atoms with E-state index in [1.54, 1.807) is 0 Å². The van der Waals surface area contributed by atoms with Gasteiger partial charge in [-0.15, -0.1) is 0 Å². The first kappa shape index (κ1) is 10.3. The van der Waals surface area contributed by atoms with Gasteiger partial charge in [0.05, 0.1) is 6.16 Å². The Hall–Kier alpha value is -0.680. The summed E-state index contributed by atoms with van der Waals surface area (Å²) in [6.07, 6.45) is 0.626. The molecule has 0 atom stereocenters. The Labute approximate surface area is 69.7 Å². The molecule has 0 spiro atoms. The fourth-order valence-electron chi connectivity index (χ4n) is 0.658. The van der Waals surface area contributed by atoms with E-state index < -0.39 is 0 Å². The molecule has 0 aliphatic rings. The number of hydrogen-bond donors (Lipinski definition) is 0. The maximum Gasteiger partial charge on any atom is 0.160 e. The van der Waals surface area contributed by atoms with Crippen molar-refractivity contribution >= 4 is 8.46 Å². The SMILES string of the molecule is CC.O=PCc1ccccc1. The van der Waals surface area contributed by atoms with E-state index in [-0.39, 0.29) is 8.46 Å². The van der Waals surface area contributed by atoms with Crippen molar-refractivity contribution in [3.8, 4) is 0 Å². The van der Waals surface area contributed by atoms with Crippen LogP contribution in [0, 0.1) is 0 Å². The zero-order valence-electron chi connectivity index (χ0n) is 6.95. The highest BCUT2D eigenvalue weighted by Crippen LogP contribution is 2.06. The maximum atomic E-state index is 10.1. The second-order valence-corrected chi connectivity index (χ2v) is 2.35. The van der Waals surface area contributed by atoms with Crippen molar-refractivity contribution in [2.24, 2.45) is 0 Å². The predicted octanol–water partition coefficient (Wildman–Crippen LogP) is 3.50. The van der Waals surface area contributed by atoms with Crippen molar-refractivity contribution in [1.29, 1.82) is 0 Å². The molecule has 0 aliphatic carbocycles. The molecule has 0 heterocycles. The Bertz CT molecular complexity index is 184. The molecule has 1 rings (SSSR count).